The molecule has 0 aliphatic carbocycles. The zero-order valence-corrected chi connectivity index (χ0v) is 24.5. The molecule has 2 radical (unpaired) electrons. The molecule has 168 valence electrons. The number of benzene rings is 4. The Bertz CT molecular complexity index is 1120. The number of carbonyl (C=O) groups excluding carboxylic acids is 1. The molecule has 0 fully saturated rings. The summed E-state index contributed by atoms with van der Waals surface area (Å²) >= 11 is 0. The molecule has 0 aromatic heterocycles. The summed E-state index contributed by atoms with van der Waals surface area (Å²) in [5, 5.41) is 5.46. The average molecular weight is 667 g/mol. The molecule has 0 aliphatic heterocycles. The SMILES string of the molecule is [Cl-].[Cl-].[Hf+4].[NH-]C(=O)c1ccccc1.c1ccc([Si]c2ccccc2)cc1.c1ccc2[cH-]ccc2c1. The molecule has 5 aromatic carbocycles. The molecular weight excluding hydrogens is 644 g/mol. The molecule has 0 saturated heterocycles. The van der Waals surface area contributed by atoms with Crippen LogP contribution in [0.1, 0.15) is 10.4 Å². The number of carbonyl (C=O) groups is 1. The van der Waals surface area contributed by atoms with Gasteiger partial charge in [-0.05, 0) is 5.56 Å². The van der Waals surface area contributed by atoms with Crippen molar-refractivity contribution in [2.75, 3.05) is 0 Å². The van der Waals surface area contributed by atoms with Gasteiger partial charge in [-0.3, -0.25) is 0 Å². The number of hydrogen-bond acceptors (Lipinski definition) is 1. The molecule has 0 saturated carbocycles. The Morgan fingerprint density at radius 2 is 1.06 bits per heavy atom. The zero-order chi connectivity index (χ0) is 21.7. The molecule has 1 N–H and O–H groups in total. The standard InChI is InChI=1S/C12H10Si.C9H7.C7H7NO.2ClH.Hf/c1-3-7-11(8-4-1)13-12-9-5-2-6-10-12;1-2-5-9-7-3-6-8(9)4-1;8-7(9)6-4-2-1-3-5-6;;;/h1-10H;1-7H;1-5H,(H2,8,9);2*1H;/q;-1;;;;+4/p-3. The topological polar surface area (TPSA) is 40.9 Å². The molecule has 5 rings (SSSR count). The smallest absolute Gasteiger partial charge is 1.00 e. The number of halogens is 2. The van der Waals surface area contributed by atoms with Crippen LogP contribution in [0.25, 0.3) is 16.5 Å². The van der Waals surface area contributed by atoms with Gasteiger partial charge in [-0.25, -0.2) is 0 Å². The van der Waals surface area contributed by atoms with Gasteiger partial charge >= 0.3 is 25.8 Å². The Hall–Kier alpha value is -2.37. The molecule has 34 heavy (non-hydrogen) atoms. The van der Waals surface area contributed by atoms with E-state index in [9.17, 15) is 4.79 Å². The van der Waals surface area contributed by atoms with E-state index < -0.39 is 5.91 Å². The van der Waals surface area contributed by atoms with Crippen molar-refractivity contribution in [3.63, 3.8) is 0 Å². The Kier molecular flexibility index (Phi) is 16.8. The summed E-state index contributed by atoms with van der Waals surface area (Å²) in [5.41, 5.74) is 7.12. The third kappa shape index (κ3) is 11.2. The van der Waals surface area contributed by atoms with Gasteiger partial charge in [0.1, 0.15) is 9.52 Å². The van der Waals surface area contributed by atoms with Crippen molar-refractivity contribution in [2.24, 2.45) is 0 Å². The minimum atomic E-state index is -0.629. The van der Waals surface area contributed by atoms with Crippen LogP contribution >= 0.6 is 0 Å². The molecule has 1 amide bonds. The first-order valence-electron chi connectivity index (χ1n) is 10.0. The first-order chi connectivity index (χ1) is 15.2. The second kappa shape index (κ2) is 18.0. The van der Waals surface area contributed by atoms with Gasteiger partial charge in [0, 0.05) is 0 Å². The molecule has 5 aromatic rings. The van der Waals surface area contributed by atoms with E-state index in [2.05, 4.69) is 103 Å². The van der Waals surface area contributed by atoms with E-state index in [0.29, 0.717) is 5.56 Å². The molecule has 0 atom stereocenters. The van der Waals surface area contributed by atoms with E-state index in [1.807, 2.05) is 6.07 Å². The molecule has 0 heterocycles. The van der Waals surface area contributed by atoms with Crippen molar-refractivity contribution in [2.45, 2.75) is 0 Å². The fourth-order valence-electron chi connectivity index (χ4n) is 2.87. The van der Waals surface area contributed by atoms with E-state index in [4.69, 9.17) is 5.73 Å². The maximum absolute atomic E-state index is 10.3. The van der Waals surface area contributed by atoms with Crippen LogP contribution in [0.4, 0.5) is 0 Å². The average Bonchev–Trinajstić information content (AvgIpc) is 3.31. The van der Waals surface area contributed by atoms with Crippen LogP contribution in [0.15, 0.2) is 133 Å². The molecule has 0 aliphatic rings. The minimum absolute atomic E-state index is 0. The third-order valence-corrected chi connectivity index (χ3v) is 5.66. The fraction of sp³-hybridized carbons (Fsp3) is 0. The van der Waals surface area contributed by atoms with E-state index in [0.717, 1.165) is 9.52 Å². The quantitative estimate of drug-likeness (QED) is 0.194. The third-order valence-electron chi connectivity index (χ3n) is 4.42. The maximum atomic E-state index is 10.3. The Labute approximate surface area is 235 Å². The number of amides is 1. The van der Waals surface area contributed by atoms with E-state index in [1.165, 1.54) is 21.1 Å². The van der Waals surface area contributed by atoms with Crippen LogP contribution in [0.3, 0.4) is 0 Å². The van der Waals surface area contributed by atoms with Crippen LogP contribution in [0.2, 0.25) is 0 Å². The second-order valence-electron chi connectivity index (χ2n) is 6.71. The first-order valence-corrected chi connectivity index (χ1v) is 11.0. The van der Waals surface area contributed by atoms with Gasteiger partial charge in [-0.15, -0.1) is 29.7 Å². The van der Waals surface area contributed by atoms with Gasteiger partial charge < -0.3 is 35.3 Å². The summed E-state index contributed by atoms with van der Waals surface area (Å²) in [4.78, 5) is 10.3. The second-order valence-corrected chi connectivity index (χ2v) is 8.11. The summed E-state index contributed by atoms with van der Waals surface area (Å²) in [6.45, 7) is 0. The van der Waals surface area contributed by atoms with E-state index in [1.54, 1.807) is 24.3 Å². The van der Waals surface area contributed by atoms with Crippen LogP contribution in [0, 0.1) is 0 Å². The number of hydrogen-bond donors (Lipinski definition) is 0. The minimum Gasteiger partial charge on any atom is -1.00 e. The molecule has 0 spiro atoms. The predicted molar refractivity (Wildman–Crippen MR) is 133 cm³/mol. The van der Waals surface area contributed by atoms with Crippen molar-refractivity contribution >= 4 is 36.6 Å². The van der Waals surface area contributed by atoms with Gasteiger partial charge in [0.15, 0.2) is 0 Å². The Morgan fingerprint density at radius 1 is 0.618 bits per heavy atom. The van der Waals surface area contributed by atoms with Gasteiger partial charge in [-0.2, -0.15) is 17.5 Å². The summed E-state index contributed by atoms with van der Waals surface area (Å²) in [6, 6.07) is 44.4. The van der Waals surface area contributed by atoms with Crippen molar-refractivity contribution in [3.8, 4) is 0 Å². The van der Waals surface area contributed by atoms with Crippen molar-refractivity contribution in [3.05, 3.63) is 145 Å². The normalized spacial score (nSPS) is 8.82. The largest absolute Gasteiger partial charge is 4.00 e. The Morgan fingerprint density at radius 3 is 1.50 bits per heavy atom. The summed E-state index contributed by atoms with van der Waals surface area (Å²) in [7, 11) is 0.777. The molecule has 0 unspecified atom stereocenters. The number of fused-ring (bicyclic) bond motifs is 1. The van der Waals surface area contributed by atoms with E-state index in [-0.39, 0.29) is 50.7 Å². The zero-order valence-electron chi connectivity index (χ0n) is 18.4. The summed E-state index contributed by atoms with van der Waals surface area (Å²) in [5.74, 6) is -0.629. The summed E-state index contributed by atoms with van der Waals surface area (Å²) in [6.07, 6.45) is 0. The Balaban J connectivity index is 0.000000471. The number of nitrogens with one attached hydrogen (secondary N) is 1. The molecular formula is C28H23Cl2HfNOSi. The van der Waals surface area contributed by atoms with Gasteiger partial charge in [0.05, 0.1) is 5.91 Å². The molecule has 0 bridgehead atoms. The predicted octanol–water partition coefficient (Wildman–Crippen LogP) is -0.215. The van der Waals surface area contributed by atoms with Gasteiger partial charge in [0.25, 0.3) is 0 Å². The fourth-order valence-corrected chi connectivity index (χ4v) is 3.92. The van der Waals surface area contributed by atoms with E-state index >= 15 is 0 Å². The van der Waals surface area contributed by atoms with Crippen molar-refractivity contribution in [1.82, 2.24) is 0 Å². The van der Waals surface area contributed by atoms with Crippen molar-refractivity contribution in [1.29, 1.82) is 0 Å². The first kappa shape index (κ1) is 31.6. The summed E-state index contributed by atoms with van der Waals surface area (Å²) < 4.78 is 0. The number of rotatable bonds is 3. The van der Waals surface area contributed by atoms with Gasteiger partial charge in [0.2, 0.25) is 0 Å². The van der Waals surface area contributed by atoms with Crippen molar-refractivity contribution < 1.29 is 55.5 Å². The maximum Gasteiger partial charge on any atom is 4.00 e. The molecule has 2 nitrogen and oxygen atoms in total. The molecule has 6 heteroatoms. The van der Waals surface area contributed by atoms with Crippen LogP contribution in [0.5, 0.6) is 0 Å². The monoisotopic (exact) mass is 667 g/mol. The van der Waals surface area contributed by atoms with Crippen LogP contribution in [-0.4, -0.2) is 15.4 Å². The van der Waals surface area contributed by atoms with Crippen LogP contribution in [-0.2, 0) is 25.8 Å². The van der Waals surface area contributed by atoms with Gasteiger partial charge in [-0.1, -0.05) is 107 Å². The van der Waals surface area contributed by atoms with Crippen LogP contribution < -0.4 is 35.2 Å².